The molecule has 4 heteroatoms. The molecule has 0 spiro atoms. The van der Waals surface area contributed by atoms with Crippen LogP contribution in [-0.4, -0.2) is 22.4 Å². The zero-order chi connectivity index (χ0) is 12.8. The van der Waals surface area contributed by atoms with Gasteiger partial charge in [-0.15, -0.1) is 0 Å². The molecule has 2 rings (SSSR count). The minimum absolute atomic E-state index is 0.0112. The number of hydrogen-bond acceptors (Lipinski definition) is 4. The van der Waals surface area contributed by atoms with Crippen molar-refractivity contribution < 1.29 is 9.53 Å². The summed E-state index contributed by atoms with van der Waals surface area (Å²) in [6, 6.07) is 5.41. The van der Waals surface area contributed by atoms with E-state index in [4.69, 9.17) is 4.74 Å². The lowest BCUT2D eigenvalue weighted by Gasteiger charge is -2.04. The molecule has 92 valence electrons. The fourth-order valence-corrected chi connectivity index (χ4v) is 1.61. The molecule has 0 amide bonds. The Morgan fingerprint density at radius 1 is 1.28 bits per heavy atom. The molecule has 2 aromatic rings. The minimum atomic E-state index is 0.0112. The van der Waals surface area contributed by atoms with Gasteiger partial charge in [-0.05, 0) is 24.6 Å². The van der Waals surface area contributed by atoms with Crippen LogP contribution in [0.5, 0.6) is 5.75 Å². The van der Waals surface area contributed by atoms with Crippen molar-refractivity contribution in [3.05, 3.63) is 54.1 Å². The van der Waals surface area contributed by atoms with E-state index in [0.717, 1.165) is 5.56 Å². The van der Waals surface area contributed by atoms with Gasteiger partial charge in [0.25, 0.3) is 0 Å². The zero-order valence-corrected chi connectivity index (χ0v) is 10.2. The summed E-state index contributed by atoms with van der Waals surface area (Å²) < 4.78 is 5.32. The molecule has 18 heavy (non-hydrogen) atoms. The highest BCUT2D eigenvalue weighted by Crippen LogP contribution is 2.13. The first kappa shape index (κ1) is 12.2. The molecular formula is C14H14N2O2. The van der Waals surface area contributed by atoms with E-state index < -0.39 is 0 Å². The van der Waals surface area contributed by atoms with Crippen LogP contribution in [0, 0.1) is 0 Å². The number of aromatic nitrogens is 2. The maximum atomic E-state index is 12.0. The normalized spacial score (nSPS) is 10.1. The summed E-state index contributed by atoms with van der Waals surface area (Å²) in [5, 5.41) is 0. The van der Waals surface area contributed by atoms with Crippen LogP contribution in [0.25, 0.3) is 0 Å². The van der Waals surface area contributed by atoms with Gasteiger partial charge in [-0.1, -0.05) is 6.07 Å². The SMILES string of the molecule is CCOc1cncc(C(=O)Cc2cccnc2)c1. The molecule has 0 N–H and O–H groups in total. The average molecular weight is 242 g/mol. The lowest BCUT2D eigenvalue weighted by molar-refractivity contribution is 0.0992. The monoisotopic (exact) mass is 242 g/mol. The molecule has 4 nitrogen and oxygen atoms in total. The molecule has 2 aromatic heterocycles. The fraction of sp³-hybridized carbons (Fsp3) is 0.214. The summed E-state index contributed by atoms with van der Waals surface area (Å²) in [5.74, 6) is 0.631. The summed E-state index contributed by atoms with van der Waals surface area (Å²) in [6.07, 6.45) is 6.86. The third-order valence-electron chi connectivity index (χ3n) is 2.43. The van der Waals surface area contributed by atoms with E-state index in [1.54, 1.807) is 30.9 Å². The van der Waals surface area contributed by atoms with Crippen LogP contribution in [0.1, 0.15) is 22.8 Å². The van der Waals surface area contributed by atoms with E-state index in [0.29, 0.717) is 24.3 Å². The Kier molecular flexibility index (Phi) is 4.02. The molecule has 0 aliphatic rings. The Morgan fingerprint density at radius 2 is 2.17 bits per heavy atom. The van der Waals surface area contributed by atoms with E-state index in [2.05, 4.69) is 9.97 Å². The van der Waals surface area contributed by atoms with Gasteiger partial charge in [0.2, 0.25) is 0 Å². The van der Waals surface area contributed by atoms with Crippen LogP contribution < -0.4 is 4.74 Å². The van der Waals surface area contributed by atoms with Crippen molar-refractivity contribution in [2.45, 2.75) is 13.3 Å². The number of pyridine rings is 2. The summed E-state index contributed by atoms with van der Waals surface area (Å²) in [6.45, 7) is 2.45. The third-order valence-corrected chi connectivity index (χ3v) is 2.43. The van der Waals surface area contributed by atoms with Crippen LogP contribution in [0.2, 0.25) is 0 Å². The Morgan fingerprint density at radius 3 is 2.89 bits per heavy atom. The van der Waals surface area contributed by atoms with Crippen LogP contribution in [-0.2, 0) is 6.42 Å². The van der Waals surface area contributed by atoms with Gasteiger partial charge in [-0.25, -0.2) is 0 Å². The second-order valence-electron chi connectivity index (χ2n) is 3.80. The molecule has 0 bridgehead atoms. The van der Waals surface area contributed by atoms with Crippen molar-refractivity contribution in [2.24, 2.45) is 0 Å². The van der Waals surface area contributed by atoms with Gasteiger partial charge < -0.3 is 4.74 Å². The largest absolute Gasteiger partial charge is 0.492 e. The maximum Gasteiger partial charge on any atom is 0.168 e. The number of carbonyl (C=O) groups is 1. The minimum Gasteiger partial charge on any atom is -0.492 e. The molecule has 0 unspecified atom stereocenters. The number of ketones is 1. The number of ether oxygens (including phenoxy) is 1. The van der Waals surface area contributed by atoms with Gasteiger partial charge >= 0.3 is 0 Å². The Labute approximate surface area is 106 Å². The second kappa shape index (κ2) is 5.91. The first-order chi connectivity index (χ1) is 8.79. The molecule has 0 fully saturated rings. The predicted octanol–water partition coefficient (Wildman–Crippen LogP) is 2.30. The van der Waals surface area contributed by atoms with Crippen LogP contribution in [0.15, 0.2) is 43.0 Å². The Hall–Kier alpha value is -2.23. The lowest BCUT2D eigenvalue weighted by atomic mass is 10.1. The molecule has 0 radical (unpaired) electrons. The molecule has 0 atom stereocenters. The van der Waals surface area contributed by atoms with Crippen molar-refractivity contribution in [2.75, 3.05) is 6.61 Å². The van der Waals surface area contributed by atoms with E-state index in [9.17, 15) is 4.79 Å². The smallest absolute Gasteiger partial charge is 0.168 e. The second-order valence-corrected chi connectivity index (χ2v) is 3.80. The molecule has 0 aliphatic carbocycles. The first-order valence-corrected chi connectivity index (χ1v) is 5.79. The maximum absolute atomic E-state index is 12.0. The van der Waals surface area contributed by atoms with Crippen molar-refractivity contribution in [3.63, 3.8) is 0 Å². The van der Waals surface area contributed by atoms with Gasteiger partial charge in [0.1, 0.15) is 5.75 Å². The van der Waals surface area contributed by atoms with Gasteiger partial charge in [0, 0.05) is 30.6 Å². The number of Topliss-reactive ketones (excluding diaryl/α,β-unsaturated/α-hetero) is 1. The predicted molar refractivity (Wildman–Crippen MR) is 67.7 cm³/mol. The van der Waals surface area contributed by atoms with Gasteiger partial charge in [0.15, 0.2) is 5.78 Å². The van der Waals surface area contributed by atoms with E-state index in [-0.39, 0.29) is 5.78 Å². The number of rotatable bonds is 5. The third kappa shape index (κ3) is 3.13. The highest BCUT2D eigenvalue weighted by molar-refractivity contribution is 5.97. The average Bonchev–Trinajstić information content (AvgIpc) is 2.40. The van der Waals surface area contributed by atoms with Crippen molar-refractivity contribution >= 4 is 5.78 Å². The van der Waals surface area contributed by atoms with Crippen LogP contribution in [0.3, 0.4) is 0 Å². The van der Waals surface area contributed by atoms with E-state index in [1.807, 2.05) is 19.1 Å². The Bertz CT molecular complexity index is 526. The first-order valence-electron chi connectivity index (χ1n) is 5.79. The fourth-order valence-electron chi connectivity index (χ4n) is 1.61. The molecule has 0 aliphatic heterocycles. The van der Waals surface area contributed by atoms with Gasteiger partial charge in [-0.2, -0.15) is 0 Å². The highest BCUT2D eigenvalue weighted by Gasteiger charge is 2.08. The van der Waals surface area contributed by atoms with Crippen LogP contribution >= 0.6 is 0 Å². The topological polar surface area (TPSA) is 52.1 Å². The highest BCUT2D eigenvalue weighted by atomic mass is 16.5. The Balaban J connectivity index is 2.11. The summed E-state index contributed by atoms with van der Waals surface area (Å²) in [7, 11) is 0. The molecule has 0 saturated heterocycles. The quantitative estimate of drug-likeness (QED) is 0.755. The number of nitrogens with zero attached hydrogens (tertiary/aromatic N) is 2. The van der Waals surface area contributed by atoms with E-state index >= 15 is 0 Å². The zero-order valence-electron chi connectivity index (χ0n) is 10.2. The lowest BCUT2D eigenvalue weighted by Crippen LogP contribution is -2.05. The van der Waals surface area contributed by atoms with Gasteiger partial charge in [-0.3, -0.25) is 14.8 Å². The summed E-state index contributed by atoms with van der Waals surface area (Å²) in [4.78, 5) is 20.0. The van der Waals surface area contributed by atoms with Crippen LogP contribution in [0.4, 0.5) is 0 Å². The molecule has 0 aromatic carbocycles. The molecule has 2 heterocycles. The molecule has 0 saturated carbocycles. The number of hydrogen-bond donors (Lipinski definition) is 0. The summed E-state index contributed by atoms with van der Waals surface area (Å²) >= 11 is 0. The van der Waals surface area contributed by atoms with Crippen molar-refractivity contribution in [1.29, 1.82) is 0 Å². The van der Waals surface area contributed by atoms with Crippen molar-refractivity contribution in [3.8, 4) is 5.75 Å². The standard InChI is InChI=1S/C14H14N2O2/c1-2-18-13-7-12(9-16-10-13)14(17)6-11-4-3-5-15-8-11/h3-5,7-10H,2,6H2,1H3. The van der Waals surface area contributed by atoms with E-state index in [1.165, 1.54) is 0 Å². The van der Waals surface area contributed by atoms with Gasteiger partial charge in [0.05, 0.1) is 12.8 Å². The number of carbonyl (C=O) groups excluding carboxylic acids is 1. The summed E-state index contributed by atoms with van der Waals surface area (Å²) in [5.41, 5.74) is 1.45. The van der Waals surface area contributed by atoms with Crippen molar-refractivity contribution in [1.82, 2.24) is 9.97 Å². The molecular weight excluding hydrogens is 228 g/mol.